The number of urea groups is 1. The number of aliphatic carboxylic acids is 1. The SMILES string of the molecule is CN(CCOCCOC/C=C/c1cnc2c(c1)C1(CCN(C(=O)NCC(=O)O)CC1)OC(=O)N2)C(=O)OC(C)(C)C. The number of carboxylic acids is 1. The van der Waals surface area contributed by atoms with Crippen LogP contribution in [-0.4, -0.2) is 109 Å². The number of nitrogens with zero attached hydrogens (tertiary/aromatic N) is 3. The molecule has 3 heterocycles. The van der Waals surface area contributed by atoms with E-state index in [-0.39, 0.29) is 13.1 Å². The van der Waals surface area contributed by atoms with E-state index in [1.165, 1.54) is 9.80 Å². The second-order valence-corrected chi connectivity index (χ2v) is 10.7. The summed E-state index contributed by atoms with van der Waals surface area (Å²) in [6, 6.07) is 1.42. The molecule has 0 radical (unpaired) electrons. The number of nitrogens with one attached hydrogen (secondary N) is 2. The van der Waals surface area contributed by atoms with Gasteiger partial charge >= 0.3 is 24.2 Å². The van der Waals surface area contributed by atoms with Crippen LogP contribution >= 0.6 is 0 Å². The largest absolute Gasteiger partial charge is 0.480 e. The van der Waals surface area contributed by atoms with E-state index in [0.29, 0.717) is 51.6 Å². The van der Waals surface area contributed by atoms with E-state index in [2.05, 4.69) is 15.6 Å². The van der Waals surface area contributed by atoms with Crippen molar-refractivity contribution in [1.82, 2.24) is 20.1 Å². The molecule has 0 aliphatic carbocycles. The molecule has 1 saturated heterocycles. The Morgan fingerprint density at radius 3 is 2.61 bits per heavy atom. The summed E-state index contributed by atoms with van der Waals surface area (Å²) < 4.78 is 22.1. The van der Waals surface area contributed by atoms with Gasteiger partial charge in [-0.1, -0.05) is 12.2 Å². The van der Waals surface area contributed by atoms with E-state index in [1.807, 2.05) is 39.0 Å². The van der Waals surface area contributed by atoms with Crippen LogP contribution in [0.25, 0.3) is 6.08 Å². The molecule has 41 heavy (non-hydrogen) atoms. The first-order valence-electron chi connectivity index (χ1n) is 13.4. The van der Waals surface area contributed by atoms with Crippen molar-refractivity contribution in [3.63, 3.8) is 0 Å². The Balaban J connectivity index is 1.44. The zero-order valence-electron chi connectivity index (χ0n) is 23.9. The van der Waals surface area contributed by atoms with Gasteiger partial charge in [0.25, 0.3) is 0 Å². The number of carboxylic acid groups (broad SMARTS) is 1. The Hall–Kier alpha value is -3.91. The molecule has 0 unspecified atom stereocenters. The van der Waals surface area contributed by atoms with Crippen molar-refractivity contribution in [2.24, 2.45) is 0 Å². The van der Waals surface area contributed by atoms with Gasteiger partial charge in [-0.05, 0) is 32.4 Å². The van der Waals surface area contributed by atoms with Crippen LogP contribution in [0.3, 0.4) is 0 Å². The number of anilines is 1. The number of fused-ring (bicyclic) bond motifs is 2. The van der Waals surface area contributed by atoms with Gasteiger partial charge in [-0.25, -0.2) is 19.4 Å². The molecule has 1 fully saturated rings. The highest BCUT2D eigenvalue weighted by atomic mass is 16.6. The molecule has 0 bridgehead atoms. The number of pyridine rings is 1. The molecule has 0 aromatic carbocycles. The van der Waals surface area contributed by atoms with E-state index in [0.717, 1.165) is 11.1 Å². The molecule has 1 spiro atoms. The third-order valence-electron chi connectivity index (χ3n) is 6.33. The molecule has 3 N–H and O–H groups in total. The van der Waals surface area contributed by atoms with Gasteiger partial charge in [0.1, 0.15) is 23.6 Å². The lowest BCUT2D eigenvalue weighted by Gasteiger charge is -2.43. The van der Waals surface area contributed by atoms with Gasteiger partial charge in [0.15, 0.2) is 0 Å². The van der Waals surface area contributed by atoms with Crippen LogP contribution in [0.1, 0.15) is 44.7 Å². The Kier molecular flexibility index (Phi) is 10.9. The minimum atomic E-state index is -1.13. The van der Waals surface area contributed by atoms with Gasteiger partial charge in [-0.2, -0.15) is 0 Å². The lowest BCUT2D eigenvalue weighted by Crippen LogP contribution is -2.52. The van der Waals surface area contributed by atoms with E-state index in [9.17, 15) is 19.2 Å². The molecular weight excluding hydrogens is 538 g/mol. The summed E-state index contributed by atoms with van der Waals surface area (Å²) in [6.07, 6.45) is 5.01. The van der Waals surface area contributed by atoms with Crippen molar-refractivity contribution in [2.45, 2.75) is 44.8 Å². The van der Waals surface area contributed by atoms with Crippen molar-refractivity contribution in [3.8, 4) is 0 Å². The van der Waals surface area contributed by atoms with Gasteiger partial charge in [-0.3, -0.25) is 10.1 Å². The topological polar surface area (TPSA) is 169 Å². The maximum absolute atomic E-state index is 12.2. The number of hydrogen-bond acceptors (Lipinski definition) is 9. The summed E-state index contributed by atoms with van der Waals surface area (Å²) in [4.78, 5) is 54.5. The number of ether oxygens (including phenoxy) is 4. The van der Waals surface area contributed by atoms with Crippen molar-refractivity contribution >= 4 is 36.1 Å². The number of hydrogen-bond donors (Lipinski definition) is 3. The van der Waals surface area contributed by atoms with Crippen LogP contribution in [0.15, 0.2) is 18.3 Å². The first kappa shape index (κ1) is 31.6. The third kappa shape index (κ3) is 9.60. The van der Waals surface area contributed by atoms with Crippen LogP contribution < -0.4 is 10.6 Å². The second kappa shape index (κ2) is 14.1. The van der Waals surface area contributed by atoms with Crippen LogP contribution in [0.5, 0.6) is 0 Å². The molecule has 0 atom stereocenters. The maximum Gasteiger partial charge on any atom is 0.413 e. The Bertz CT molecular complexity index is 1130. The average molecular weight is 578 g/mol. The molecular formula is C27H39N5O9. The molecule has 0 saturated carbocycles. The summed E-state index contributed by atoms with van der Waals surface area (Å²) in [5.41, 5.74) is 0.0188. The lowest BCUT2D eigenvalue weighted by atomic mass is 9.83. The highest BCUT2D eigenvalue weighted by Crippen LogP contribution is 2.43. The highest BCUT2D eigenvalue weighted by molar-refractivity contribution is 5.88. The van der Waals surface area contributed by atoms with Crippen LogP contribution in [-0.2, 0) is 29.3 Å². The Morgan fingerprint density at radius 1 is 1.22 bits per heavy atom. The van der Waals surface area contributed by atoms with Crippen LogP contribution in [0.4, 0.5) is 20.2 Å². The minimum Gasteiger partial charge on any atom is -0.480 e. The molecule has 1 aromatic rings. The fourth-order valence-corrected chi connectivity index (χ4v) is 4.27. The molecule has 4 amide bonds. The molecule has 2 aliphatic heterocycles. The van der Waals surface area contributed by atoms with Crippen molar-refractivity contribution in [1.29, 1.82) is 0 Å². The number of likely N-dealkylation sites (tertiary alicyclic amines) is 1. The Labute approximate surface area is 238 Å². The predicted molar refractivity (Wildman–Crippen MR) is 147 cm³/mol. The highest BCUT2D eigenvalue weighted by Gasteiger charge is 2.46. The molecule has 1 aromatic heterocycles. The standard InChI is InChI=1S/C27H39N5O9/c1-26(2,3)41-25(37)31(4)11-13-39-15-14-38-12-5-6-19-16-20-22(28-17-19)30-24(36)40-27(20)7-9-32(10-8-27)23(35)29-18-21(33)34/h5-6,16-17H,7-15,18H2,1-4H3,(H,29,35)(H,33,34)(H,28,30,36)/b6-5+. The number of rotatable bonds is 11. The number of carbonyl (C=O) groups is 4. The summed E-state index contributed by atoms with van der Waals surface area (Å²) >= 11 is 0. The van der Waals surface area contributed by atoms with Crippen LogP contribution in [0.2, 0.25) is 0 Å². The van der Waals surface area contributed by atoms with Crippen molar-refractivity contribution in [3.05, 3.63) is 29.5 Å². The van der Waals surface area contributed by atoms with E-state index < -0.39 is 41.9 Å². The zero-order valence-corrected chi connectivity index (χ0v) is 23.9. The molecule has 14 nitrogen and oxygen atoms in total. The summed E-state index contributed by atoms with van der Waals surface area (Å²) in [5.74, 6) is -0.716. The van der Waals surface area contributed by atoms with Crippen LogP contribution in [0, 0.1) is 0 Å². The summed E-state index contributed by atoms with van der Waals surface area (Å²) in [6.45, 7) is 7.41. The van der Waals surface area contributed by atoms with Crippen molar-refractivity contribution in [2.75, 3.05) is 65.0 Å². The Morgan fingerprint density at radius 2 is 1.93 bits per heavy atom. The molecule has 3 rings (SSSR count). The number of likely N-dealkylation sites (N-methyl/N-ethyl adjacent to an activating group) is 1. The number of aromatic nitrogens is 1. The van der Waals surface area contributed by atoms with Gasteiger partial charge in [-0.15, -0.1) is 0 Å². The predicted octanol–water partition coefficient (Wildman–Crippen LogP) is 2.64. The molecule has 14 heteroatoms. The average Bonchev–Trinajstić information content (AvgIpc) is 2.90. The van der Waals surface area contributed by atoms with E-state index in [1.54, 1.807) is 13.2 Å². The fraction of sp³-hybridized carbons (Fsp3) is 0.593. The quantitative estimate of drug-likeness (QED) is 0.332. The zero-order chi connectivity index (χ0) is 30.0. The van der Waals surface area contributed by atoms with Gasteiger partial charge in [0.05, 0.1) is 26.4 Å². The number of carbonyl (C=O) groups excluding carboxylic acids is 3. The third-order valence-corrected chi connectivity index (χ3v) is 6.33. The van der Waals surface area contributed by atoms with Crippen molar-refractivity contribution < 1.29 is 43.2 Å². The first-order chi connectivity index (χ1) is 19.4. The lowest BCUT2D eigenvalue weighted by molar-refractivity contribution is -0.135. The minimum absolute atomic E-state index is 0.283. The van der Waals surface area contributed by atoms with Gasteiger partial charge in [0.2, 0.25) is 0 Å². The first-order valence-corrected chi connectivity index (χ1v) is 13.4. The number of piperidine rings is 1. The number of amides is 4. The summed E-state index contributed by atoms with van der Waals surface area (Å²) in [5, 5.41) is 13.8. The molecule has 226 valence electrons. The summed E-state index contributed by atoms with van der Waals surface area (Å²) in [7, 11) is 1.66. The second-order valence-electron chi connectivity index (χ2n) is 10.7. The normalized spacial score (nSPS) is 16.1. The van der Waals surface area contributed by atoms with E-state index >= 15 is 0 Å². The van der Waals surface area contributed by atoms with Gasteiger partial charge < -0.3 is 39.2 Å². The maximum atomic E-state index is 12.2. The molecule has 2 aliphatic rings. The fourth-order valence-electron chi connectivity index (χ4n) is 4.27. The van der Waals surface area contributed by atoms with Gasteiger partial charge in [0, 0.05) is 51.3 Å². The smallest absolute Gasteiger partial charge is 0.413 e. The van der Waals surface area contributed by atoms with E-state index in [4.69, 9.17) is 24.1 Å². The monoisotopic (exact) mass is 577 g/mol.